The Labute approximate surface area is 173 Å². The van der Waals surface area contributed by atoms with E-state index in [2.05, 4.69) is 10.5 Å². The molecule has 0 aliphatic heterocycles. The molecule has 1 amide bonds. The Morgan fingerprint density at radius 2 is 1.97 bits per heavy atom. The molecule has 0 saturated heterocycles. The molecule has 2 rings (SSSR count). The minimum absolute atomic E-state index is 0.0809. The zero-order valence-electron chi connectivity index (χ0n) is 16.7. The standard InChI is InChI=1S/C20H23ClN2O6/c1-5-11(2)17(20(26)27-4)22-15(24)10-28-19(25)16-12(3)29-23-18(16)13-8-6-7-9-14(13)21/h6-9,11,17H,5,10H2,1-4H3,(H,22,24)/t11-,17-/m1/s1. The summed E-state index contributed by atoms with van der Waals surface area (Å²) in [5.74, 6) is -1.88. The molecule has 29 heavy (non-hydrogen) atoms. The van der Waals surface area contributed by atoms with Gasteiger partial charge in [0.25, 0.3) is 5.91 Å². The van der Waals surface area contributed by atoms with Gasteiger partial charge in [0, 0.05) is 5.56 Å². The zero-order valence-corrected chi connectivity index (χ0v) is 17.4. The number of carbonyl (C=O) groups excluding carboxylic acids is 3. The summed E-state index contributed by atoms with van der Waals surface area (Å²) in [6.07, 6.45) is 0.654. The Balaban J connectivity index is 2.10. The van der Waals surface area contributed by atoms with Crippen LogP contribution in [0.15, 0.2) is 28.8 Å². The molecule has 0 aliphatic rings. The van der Waals surface area contributed by atoms with Gasteiger partial charge in [-0.05, 0) is 18.9 Å². The van der Waals surface area contributed by atoms with Gasteiger partial charge in [0.15, 0.2) is 6.61 Å². The molecule has 156 valence electrons. The molecular formula is C20H23ClN2O6. The van der Waals surface area contributed by atoms with Crippen LogP contribution in [0.3, 0.4) is 0 Å². The Hall–Kier alpha value is -2.87. The van der Waals surface area contributed by atoms with E-state index in [1.54, 1.807) is 31.2 Å². The predicted octanol–water partition coefficient (Wildman–Crippen LogP) is 3.16. The van der Waals surface area contributed by atoms with E-state index in [1.807, 2.05) is 13.8 Å². The molecule has 0 fully saturated rings. The van der Waals surface area contributed by atoms with Crippen molar-refractivity contribution in [3.63, 3.8) is 0 Å². The summed E-state index contributed by atoms with van der Waals surface area (Å²) < 4.78 is 14.9. The lowest BCUT2D eigenvalue weighted by molar-refractivity contribution is -0.147. The van der Waals surface area contributed by atoms with Crippen molar-refractivity contribution < 1.29 is 28.4 Å². The van der Waals surface area contributed by atoms with Gasteiger partial charge < -0.3 is 19.3 Å². The summed E-state index contributed by atoms with van der Waals surface area (Å²) in [5.41, 5.74) is 0.813. The van der Waals surface area contributed by atoms with E-state index in [1.165, 1.54) is 7.11 Å². The summed E-state index contributed by atoms with van der Waals surface area (Å²) in [4.78, 5) is 36.6. The second-order valence-electron chi connectivity index (χ2n) is 6.47. The fourth-order valence-electron chi connectivity index (χ4n) is 2.66. The zero-order chi connectivity index (χ0) is 21.6. The fourth-order valence-corrected chi connectivity index (χ4v) is 2.89. The Kier molecular flexibility index (Phi) is 7.78. The topological polar surface area (TPSA) is 108 Å². The lowest BCUT2D eigenvalue weighted by Crippen LogP contribution is -2.47. The highest BCUT2D eigenvalue weighted by molar-refractivity contribution is 6.33. The third-order valence-corrected chi connectivity index (χ3v) is 4.84. The molecule has 0 bridgehead atoms. The minimum atomic E-state index is -0.827. The van der Waals surface area contributed by atoms with E-state index >= 15 is 0 Å². The first kappa shape index (κ1) is 22.4. The number of nitrogens with zero attached hydrogens (tertiary/aromatic N) is 1. The van der Waals surface area contributed by atoms with E-state index < -0.39 is 30.5 Å². The van der Waals surface area contributed by atoms with E-state index in [-0.39, 0.29) is 22.9 Å². The quantitative estimate of drug-likeness (QED) is 0.651. The SMILES string of the molecule is CC[C@@H](C)[C@@H](NC(=O)COC(=O)c1c(-c2ccccc2Cl)noc1C)C(=O)OC. The van der Waals surface area contributed by atoms with E-state index in [0.717, 1.165) is 0 Å². The average molecular weight is 423 g/mol. The maximum atomic E-state index is 12.6. The normalized spacial score (nSPS) is 12.7. The van der Waals surface area contributed by atoms with Crippen LogP contribution in [-0.4, -0.2) is 42.8 Å². The summed E-state index contributed by atoms with van der Waals surface area (Å²) >= 11 is 6.17. The number of esters is 2. The summed E-state index contributed by atoms with van der Waals surface area (Å²) in [7, 11) is 1.24. The van der Waals surface area contributed by atoms with Crippen molar-refractivity contribution in [1.82, 2.24) is 10.5 Å². The number of aryl methyl sites for hydroxylation is 1. The van der Waals surface area contributed by atoms with Gasteiger partial charge in [-0.2, -0.15) is 0 Å². The monoisotopic (exact) mass is 422 g/mol. The first-order valence-corrected chi connectivity index (χ1v) is 9.43. The smallest absolute Gasteiger partial charge is 0.344 e. The van der Waals surface area contributed by atoms with Crippen LogP contribution >= 0.6 is 11.6 Å². The molecule has 2 atom stereocenters. The van der Waals surface area contributed by atoms with Crippen LogP contribution in [-0.2, 0) is 19.1 Å². The molecule has 1 aromatic heterocycles. The third kappa shape index (κ3) is 5.35. The van der Waals surface area contributed by atoms with Crippen molar-refractivity contribution in [3.8, 4) is 11.3 Å². The van der Waals surface area contributed by atoms with Crippen LogP contribution < -0.4 is 5.32 Å². The first-order chi connectivity index (χ1) is 13.8. The largest absolute Gasteiger partial charge is 0.467 e. The van der Waals surface area contributed by atoms with Crippen molar-refractivity contribution in [3.05, 3.63) is 40.6 Å². The number of aromatic nitrogens is 1. The van der Waals surface area contributed by atoms with Gasteiger partial charge in [-0.3, -0.25) is 4.79 Å². The highest BCUT2D eigenvalue weighted by Gasteiger charge is 2.28. The number of carbonyl (C=O) groups is 3. The molecule has 0 unspecified atom stereocenters. The Morgan fingerprint density at radius 3 is 2.59 bits per heavy atom. The van der Waals surface area contributed by atoms with Gasteiger partial charge in [-0.25, -0.2) is 9.59 Å². The molecule has 0 aliphatic carbocycles. The van der Waals surface area contributed by atoms with Crippen LogP contribution in [0.2, 0.25) is 5.02 Å². The van der Waals surface area contributed by atoms with Gasteiger partial charge >= 0.3 is 11.9 Å². The highest BCUT2D eigenvalue weighted by atomic mass is 35.5. The number of ether oxygens (including phenoxy) is 2. The van der Waals surface area contributed by atoms with Gasteiger partial charge in [-0.1, -0.05) is 55.2 Å². The predicted molar refractivity (Wildman–Crippen MR) is 105 cm³/mol. The molecule has 1 heterocycles. The number of amides is 1. The maximum Gasteiger partial charge on any atom is 0.344 e. The number of halogens is 1. The highest BCUT2D eigenvalue weighted by Crippen LogP contribution is 2.31. The van der Waals surface area contributed by atoms with E-state index in [0.29, 0.717) is 17.0 Å². The Morgan fingerprint density at radius 1 is 1.28 bits per heavy atom. The van der Waals surface area contributed by atoms with Crippen molar-refractivity contribution in [2.45, 2.75) is 33.2 Å². The minimum Gasteiger partial charge on any atom is -0.467 e. The molecule has 8 nitrogen and oxygen atoms in total. The van der Waals surface area contributed by atoms with Crippen molar-refractivity contribution >= 4 is 29.4 Å². The molecule has 1 N–H and O–H groups in total. The molecule has 1 aromatic carbocycles. The number of hydrogen-bond acceptors (Lipinski definition) is 7. The number of hydrogen-bond donors (Lipinski definition) is 1. The molecule has 2 aromatic rings. The van der Waals surface area contributed by atoms with Crippen molar-refractivity contribution in [1.29, 1.82) is 0 Å². The van der Waals surface area contributed by atoms with Crippen LogP contribution in [0.5, 0.6) is 0 Å². The summed E-state index contributed by atoms with van der Waals surface area (Å²) in [6, 6.07) is 6.01. The van der Waals surface area contributed by atoms with Crippen molar-refractivity contribution in [2.24, 2.45) is 5.92 Å². The van der Waals surface area contributed by atoms with Crippen LogP contribution in [0.4, 0.5) is 0 Å². The van der Waals surface area contributed by atoms with Crippen LogP contribution in [0.25, 0.3) is 11.3 Å². The fraction of sp³-hybridized carbons (Fsp3) is 0.400. The lowest BCUT2D eigenvalue weighted by atomic mass is 9.99. The second-order valence-corrected chi connectivity index (χ2v) is 6.88. The van der Waals surface area contributed by atoms with Crippen LogP contribution in [0.1, 0.15) is 36.4 Å². The number of benzene rings is 1. The summed E-state index contributed by atoms with van der Waals surface area (Å²) in [6.45, 7) is 4.68. The third-order valence-electron chi connectivity index (χ3n) is 4.51. The molecule has 0 saturated carbocycles. The van der Waals surface area contributed by atoms with E-state index in [4.69, 9.17) is 25.6 Å². The number of nitrogens with one attached hydrogen (secondary N) is 1. The van der Waals surface area contributed by atoms with Gasteiger partial charge in [-0.15, -0.1) is 0 Å². The van der Waals surface area contributed by atoms with Gasteiger partial charge in [0.1, 0.15) is 23.1 Å². The second kappa shape index (κ2) is 10.1. The maximum absolute atomic E-state index is 12.6. The lowest BCUT2D eigenvalue weighted by Gasteiger charge is -2.21. The van der Waals surface area contributed by atoms with E-state index in [9.17, 15) is 14.4 Å². The Bertz CT molecular complexity index is 895. The van der Waals surface area contributed by atoms with Gasteiger partial charge in [0.2, 0.25) is 0 Å². The molecule has 0 spiro atoms. The molecular weight excluding hydrogens is 400 g/mol. The van der Waals surface area contributed by atoms with Crippen molar-refractivity contribution in [2.75, 3.05) is 13.7 Å². The van der Waals surface area contributed by atoms with Crippen LogP contribution in [0, 0.1) is 12.8 Å². The molecule has 9 heteroatoms. The molecule has 0 radical (unpaired) electrons. The number of methoxy groups -OCH3 is 1. The van der Waals surface area contributed by atoms with Gasteiger partial charge in [0.05, 0.1) is 12.1 Å². The first-order valence-electron chi connectivity index (χ1n) is 9.05. The average Bonchev–Trinajstić information content (AvgIpc) is 3.10. The summed E-state index contributed by atoms with van der Waals surface area (Å²) in [5, 5.41) is 6.82. The number of rotatable bonds is 8.